The Kier molecular flexibility index (Phi) is 4.98. The lowest BCUT2D eigenvalue weighted by Gasteiger charge is -2.27. The van der Waals surface area contributed by atoms with Gasteiger partial charge in [0.25, 0.3) is 0 Å². The van der Waals surface area contributed by atoms with Gasteiger partial charge in [-0.1, -0.05) is 30.3 Å². The molecule has 106 valence electrons. The van der Waals surface area contributed by atoms with Crippen LogP contribution < -0.4 is 4.90 Å². The van der Waals surface area contributed by atoms with Gasteiger partial charge in [0.05, 0.1) is 12.7 Å². The van der Waals surface area contributed by atoms with Gasteiger partial charge in [-0.2, -0.15) is 0 Å². The van der Waals surface area contributed by atoms with Crippen LogP contribution in [0, 0.1) is 0 Å². The maximum absolute atomic E-state index is 9.68. The zero-order valence-corrected chi connectivity index (χ0v) is 11.2. The van der Waals surface area contributed by atoms with Crippen LogP contribution in [-0.2, 0) is 6.54 Å². The highest BCUT2D eigenvalue weighted by atomic mass is 16.3. The summed E-state index contributed by atoms with van der Waals surface area (Å²) in [6.07, 6.45) is -0.799. The molecule has 0 bridgehead atoms. The maximum Gasteiger partial charge on any atom is 0.115 e. The van der Waals surface area contributed by atoms with Crippen LogP contribution in [0.2, 0.25) is 0 Å². The number of aliphatic hydroxyl groups excluding tert-OH is 2. The van der Waals surface area contributed by atoms with Crippen LogP contribution in [0.1, 0.15) is 5.56 Å². The zero-order valence-electron chi connectivity index (χ0n) is 11.2. The summed E-state index contributed by atoms with van der Waals surface area (Å²) in [6.45, 7) is 0.683. The Morgan fingerprint density at radius 1 is 0.950 bits per heavy atom. The van der Waals surface area contributed by atoms with Crippen molar-refractivity contribution in [2.75, 3.05) is 18.1 Å². The number of anilines is 1. The van der Waals surface area contributed by atoms with Crippen LogP contribution in [0.15, 0.2) is 54.6 Å². The maximum atomic E-state index is 9.68. The zero-order chi connectivity index (χ0) is 14.4. The van der Waals surface area contributed by atoms with E-state index in [4.69, 9.17) is 5.11 Å². The molecule has 2 rings (SSSR count). The van der Waals surface area contributed by atoms with Gasteiger partial charge < -0.3 is 20.2 Å². The van der Waals surface area contributed by atoms with Crippen molar-refractivity contribution in [3.8, 4) is 5.75 Å². The predicted octanol–water partition coefficient (Wildman–Crippen LogP) is 1.75. The number of phenols is 1. The molecule has 2 aromatic carbocycles. The first-order chi connectivity index (χ1) is 9.69. The van der Waals surface area contributed by atoms with Gasteiger partial charge >= 0.3 is 0 Å². The van der Waals surface area contributed by atoms with Crippen molar-refractivity contribution in [2.24, 2.45) is 0 Å². The average molecular weight is 273 g/mol. The SMILES string of the molecule is OC[C@H](O)CN(Cc1ccccc1)c1ccc(O)cc1. The summed E-state index contributed by atoms with van der Waals surface area (Å²) < 4.78 is 0. The van der Waals surface area contributed by atoms with Crippen molar-refractivity contribution >= 4 is 5.69 Å². The van der Waals surface area contributed by atoms with E-state index < -0.39 is 6.10 Å². The summed E-state index contributed by atoms with van der Waals surface area (Å²) in [5.74, 6) is 0.205. The fourth-order valence-corrected chi connectivity index (χ4v) is 2.04. The molecule has 1 atom stereocenters. The standard InChI is InChI=1S/C16H19NO3/c18-12-16(20)11-17(10-13-4-2-1-3-5-13)14-6-8-15(19)9-7-14/h1-9,16,18-20H,10-12H2/t16-/m1/s1. The van der Waals surface area contributed by atoms with Crippen molar-refractivity contribution in [2.45, 2.75) is 12.6 Å². The molecule has 0 saturated heterocycles. The summed E-state index contributed by atoms with van der Waals surface area (Å²) in [5, 5.41) is 28.1. The first-order valence-corrected chi connectivity index (χ1v) is 6.56. The predicted molar refractivity (Wildman–Crippen MR) is 78.7 cm³/mol. The fraction of sp³-hybridized carbons (Fsp3) is 0.250. The third-order valence-electron chi connectivity index (χ3n) is 3.07. The summed E-state index contributed by atoms with van der Waals surface area (Å²) >= 11 is 0. The molecule has 0 radical (unpaired) electrons. The number of aliphatic hydroxyl groups is 2. The second-order valence-corrected chi connectivity index (χ2v) is 4.72. The molecule has 0 aromatic heterocycles. The van der Waals surface area contributed by atoms with Crippen LogP contribution in [0.3, 0.4) is 0 Å². The third kappa shape index (κ3) is 3.98. The molecule has 0 fully saturated rings. The largest absolute Gasteiger partial charge is 0.508 e. The minimum atomic E-state index is -0.799. The van der Waals surface area contributed by atoms with Crippen LogP contribution in [0.4, 0.5) is 5.69 Å². The lowest BCUT2D eigenvalue weighted by Crippen LogP contribution is -2.33. The van der Waals surface area contributed by atoms with Gasteiger partial charge in [-0.15, -0.1) is 0 Å². The second-order valence-electron chi connectivity index (χ2n) is 4.72. The molecule has 2 aromatic rings. The van der Waals surface area contributed by atoms with Crippen LogP contribution in [0.5, 0.6) is 5.75 Å². The van der Waals surface area contributed by atoms with Crippen molar-refractivity contribution in [3.05, 3.63) is 60.2 Å². The van der Waals surface area contributed by atoms with Crippen LogP contribution >= 0.6 is 0 Å². The highest BCUT2D eigenvalue weighted by Gasteiger charge is 2.12. The molecule has 0 aliphatic heterocycles. The van der Waals surface area contributed by atoms with E-state index in [1.54, 1.807) is 24.3 Å². The Morgan fingerprint density at radius 2 is 1.60 bits per heavy atom. The molecule has 0 aliphatic rings. The summed E-state index contributed by atoms with van der Waals surface area (Å²) in [6, 6.07) is 16.7. The van der Waals surface area contributed by atoms with Gasteiger partial charge in [0.1, 0.15) is 5.75 Å². The number of nitrogens with zero attached hydrogens (tertiary/aromatic N) is 1. The van der Waals surface area contributed by atoms with Gasteiger partial charge in [-0.3, -0.25) is 0 Å². The Labute approximate surface area is 118 Å². The van der Waals surface area contributed by atoms with Crippen molar-refractivity contribution < 1.29 is 15.3 Å². The fourth-order valence-electron chi connectivity index (χ4n) is 2.04. The summed E-state index contributed by atoms with van der Waals surface area (Å²) in [4.78, 5) is 1.97. The van der Waals surface area contributed by atoms with Gasteiger partial charge in [-0.05, 0) is 29.8 Å². The topological polar surface area (TPSA) is 63.9 Å². The number of hydrogen-bond acceptors (Lipinski definition) is 4. The van der Waals surface area contributed by atoms with Gasteiger partial charge in [0.2, 0.25) is 0 Å². The summed E-state index contributed by atoms with van der Waals surface area (Å²) in [5.41, 5.74) is 2.00. The molecule has 4 heteroatoms. The molecule has 20 heavy (non-hydrogen) atoms. The number of aromatic hydroxyl groups is 1. The number of phenolic OH excluding ortho intramolecular Hbond substituents is 1. The molecular weight excluding hydrogens is 254 g/mol. The third-order valence-corrected chi connectivity index (χ3v) is 3.07. The monoisotopic (exact) mass is 273 g/mol. The number of hydrogen-bond donors (Lipinski definition) is 3. The van der Waals surface area contributed by atoms with Crippen molar-refractivity contribution in [1.29, 1.82) is 0 Å². The van der Waals surface area contributed by atoms with E-state index in [-0.39, 0.29) is 12.4 Å². The van der Waals surface area contributed by atoms with E-state index in [9.17, 15) is 10.2 Å². The molecular formula is C16H19NO3. The van der Waals surface area contributed by atoms with E-state index in [1.807, 2.05) is 35.2 Å². The molecule has 4 nitrogen and oxygen atoms in total. The molecule has 0 heterocycles. The van der Waals surface area contributed by atoms with E-state index in [0.717, 1.165) is 11.3 Å². The first-order valence-electron chi connectivity index (χ1n) is 6.56. The van der Waals surface area contributed by atoms with Gasteiger partial charge in [-0.25, -0.2) is 0 Å². The van der Waals surface area contributed by atoms with Crippen molar-refractivity contribution in [1.82, 2.24) is 0 Å². The Bertz CT molecular complexity index is 513. The van der Waals surface area contributed by atoms with Gasteiger partial charge in [0.15, 0.2) is 0 Å². The molecule has 0 spiro atoms. The lowest BCUT2D eigenvalue weighted by molar-refractivity contribution is 0.0996. The quantitative estimate of drug-likeness (QED) is 0.750. The highest BCUT2D eigenvalue weighted by Crippen LogP contribution is 2.20. The smallest absolute Gasteiger partial charge is 0.115 e. The van der Waals surface area contributed by atoms with Crippen LogP contribution in [-0.4, -0.2) is 34.6 Å². The second kappa shape index (κ2) is 6.93. The van der Waals surface area contributed by atoms with Crippen LogP contribution in [0.25, 0.3) is 0 Å². The normalized spacial score (nSPS) is 12.1. The highest BCUT2D eigenvalue weighted by molar-refractivity contribution is 5.49. The van der Waals surface area contributed by atoms with E-state index in [1.165, 1.54) is 0 Å². The van der Waals surface area contributed by atoms with Gasteiger partial charge in [0, 0.05) is 18.8 Å². The molecule has 0 saturated carbocycles. The molecule has 0 aliphatic carbocycles. The van der Waals surface area contributed by atoms with E-state index in [2.05, 4.69) is 0 Å². The first kappa shape index (κ1) is 14.4. The average Bonchev–Trinajstić information content (AvgIpc) is 2.48. The molecule has 0 amide bonds. The van der Waals surface area contributed by atoms with Crippen molar-refractivity contribution in [3.63, 3.8) is 0 Å². The lowest BCUT2D eigenvalue weighted by atomic mass is 10.1. The molecule has 3 N–H and O–H groups in total. The number of benzene rings is 2. The Balaban J connectivity index is 2.18. The summed E-state index contributed by atoms with van der Waals surface area (Å²) in [7, 11) is 0. The van der Waals surface area contributed by atoms with E-state index >= 15 is 0 Å². The minimum absolute atomic E-state index is 0.205. The Hall–Kier alpha value is -2.04. The Morgan fingerprint density at radius 3 is 2.20 bits per heavy atom. The minimum Gasteiger partial charge on any atom is -0.508 e. The van der Waals surface area contributed by atoms with E-state index in [0.29, 0.717) is 13.1 Å². The molecule has 0 unspecified atom stereocenters. The number of rotatable bonds is 6.